The Morgan fingerprint density at radius 2 is 2.38 bits per heavy atom. The minimum absolute atomic E-state index is 0.694. The van der Waals surface area contributed by atoms with E-state index in [0.29, 0.717) is 5.75 Å². The van der Waals surface area contributed by atoms with E-state index in [2.05, 4.69) is 5.32 Å². The van der Waals surface area contributed by atoms with Crippen LogP contribution in [-0.4, -0.2) is 22.8 Å². The van der Waals surface area contributed by atoms with Crippen LogP contribution in [0.3, 0.4) is 0 Å². The molecular formula is C9H15NO2S. The molecule has 0 radical (unpaired) electrons. The number of aryl methyl sites for hydroxylation is 1. The van der Waals surface area contributed by atoms with Crippen molar-refractivity contribution in [2.45, 2.75) is 13.5 Å². The molecule has 0 fully saturated rings. The van der Waals surface area contributed by atoms with Crippen molar-refractivity contribution >= 4 is 10.8 Å². The topological polar surface area (TPSA) is 42.2 Å². The molecule has 0 aliphatic heterocycles. The van der Waals surface area contributed by atoms with Gasteiger partial charge in [0.25, 0.3) is 0 Å². The van der Waals surface area contributed by atoms with Gasteiger partial charge in [-0.25, -0.2) is 0 Å². The molecule has 1 heterocycles. The van der Waals surface area contributed by atoms with Crippen LogP contribution in [0.1, 0.15) is 11.3 Å². The summed E-state index contributed by atoms with van der Waals surface area (Å²) in [5.74, 6) is 1.65. The van der Waals surface area contributed by atoms with Gasteiger partial charge in [0.15, 0.2) is 0 Å². The van der Waals surface area contributed by atoms with Crippen molar-refractivity contribution in [3.63, 3.8) is 0 Å². The molecule has 0 saturated heterocycles. The van der Waals surface area contributed by atoms with Crippen LogP contribution in [0.2, 0.25) is 0 Å². The highest BCUT2D eigenvalue weighted by Gasteiger charge is 2.00. The monoisotopic (exact) mass is 201 g/mol. The smallest absolute Gasteiger partial charge is 0.120 e. The standard InChI is InChI=1S/C9H15NO2S/c1-8-3-5-12-9(8)7-10-4-6-13(2)11/h3,5,10H,4,6-7H2,1-2H3. The Kier molecular flexibility index (Phi) is 4.18. The third-order valence-corrected chi connectivity index (χ3v) is 2.60. The first-order valence-corrected chi connectivity index (χ1v) is 5.96. The summed E-state index contributed by atoms with van der Waals surface area (Å²) < 4.78 is 16.0. The van der Waals surface area contributed by atoms with Crippen molar-refractivity contribution in [1.29, 1.82) is 0 Å². The molecule has 0 amide bonds. The first-order chi connectivity index (χ1) is 6.20. The molecule has 0 saturated carbocycles. The maximum atomic E-state index is 10.7. The van der Waals surface area contributed by atoms with Crippen molar-refractivity contribution in [2.24, 2.45) is 0 Å². The first-order valence-electron chi connectivity index (χ1n) is 4.24. The molecule has 1 aromatic heterocycles. The van der Waals surface area contributed by atoms with Crippen molar-refractivity contribution in [1.82, 2.24) is 5.32 Å². The quantitative estimate of drug-likeness (QED) is 0.724. The van der Waals surface area contributed by atoms with Gasteiger partial charge in [0.2, 0.25) is 0 Å². The van der Waals surface area contributed by atoms with Crippen molar-refractivity contribution < 1.29 is 8.63 Å². The van der Waals surface area contributed by atoms with Crippen LogP contribution in [0.4, 0.5) is 0 Å². The van der Waals surface area contributed by atoms with Gasteiger partial charge in [-0.1, -0.05) is 0 Å². The van der Waals surface area contributed by atoms with Gasteiger partial charge < -0.3 is 9.73 Å². The predicted octanol–water partition coefficient (Wildman–Crippen LogP) is 1.06. The van der Waals surface area contributed by atoms with Gasteiger partial charge in [0, 0.05) is 29.4 Å². The Bertz CT molecular complexity index is 283. The lowest BCUT2D eigenvalue weighted by Crippen LogP contribution is -2.19. The number of hydrogen-bond acceptors (Lipinski definition) is 3. The molecular weight excluding hydrogens is 186 g/mol. The molecule has 0 aliphatic rings. The predicted molar refractivity (Wildman–Crippen MR) is 54.1 cm³/mol. The molecule has 1 aromatic rings. The average molecular weight is 201 g/mol. The van der Waals surface area contributed by atoms with E-state index in [1.54, 1.807) is 12.5 Å². The van der Waals surface area contributed by atoms with Crippen LogP contribution in [-0.2, 0) is 17.3 Å². The van der Waals surface area contributed by atoms with Gasteiger partial charge in [-0.15, -0.1) is 0 Å². The van der Waals surface area contributed by atoms with Crippen LogP contribution in [0, 0.1) is 6.92 Å². The molecule has 1 unspecified atom stereocenters. The third kappa shape index (κ3) is 3.74. The van der Waals surface area contributed by atoms with Crippen LogP contribution in [0.25, 0.3) is 0 Å². The zero-order valence-electron chi connectivity index (χ0n) is 8.00. The van der Waals surface area contributed by atoms with E-state index >= 15 is 0 Å². The minimum Gasteiger partial charge on any atom is -0.468 e. The summed E-state index contributed by atoms with van der Waals surface area (Å²) in [7, 11) is -0.712. The number of hydrogen-bond donors (Lipinski definition) is 1. The molecule has 0 spiro atoms. The molecule has 0 aromatic carbocycles. The molecule has 3 nitrogen and oxygen atoms in total. The van der Waals surface area contributed by atoms with Crippen LogP contribution >= 0.6 is 0 Å². The van der Waals surface area contributed by atoms with Gasteiger partial charge in [-0.05, 0) is 18.6 Å². The molecule has 0 aliphatic carbocycles. The molecule has 74 valence electrons. The highest BCUT2D eigenvalue weighted by Crippen LogP contribution is 2.07. The molecule has 1 N–H and O–H groups in total. The summed E-state index contributed by atoms with van der Waals surface area (Å²) in [6.45, 7) is 3.50. The van der Waals surface area contributed by atoms with Crippen molar-refractivity contribution in [3.05, 3.63) is 23.7 Å². The second-order valence-corrected chi connectivity index (χ2v) is 4.54. The van der Waals surface area contributed by atoms with E-state index in [0.717, 1.165) is 24.4 Å². The minimum atomic E-state index is -0.712. The van der Waals surface area contributed by atoms with Crippen LogP contribution < -0.4 is 5.32 Å². The zero-order chi connectivity index (χ0) is 9.68. The van der Waals surface area contributed by atoms with E-state index in [4.69, 9.17) is 4.42 Å². The second-order valence-electron chi connectivity index (χ2n) is 2.98. The third-order valence-electron chi connectivity index (χ3n) is 1.82. The SMILES string of the molecule is Cc1ccoc1CNCCS(C)=O. The summed E-state index contributed by atoms with van der Waals surface area (Å²) in [6.07, 6.45) is 3.39. The van der Waals surface area contributed by atoms with E-state index in [-0.39, 0.29) is 0 Å². The second kappa shape index (κ2) is 5.19. The lowest BCUT2D eigenvalue weighted by atomic mass is 10.3. The van der Waals surface area contributed by atoms with E-state index in [9.17, 15) is 4.21 Å². The Labute approximate surface area is 81.0 Å². The van der Waals surface area contributed by atoms with E-state index in [1.165, 1.54) is 0 Å². The highest BCUT2D eigenvalue weighted by molar-refractivity contribution is 7.84. The van der Waals surface area contributed by atoms with Crippen LogP contribution in [0.5, 0.6) is 0 Å². The van der Waals surface area contributed by atoms with Gasteiger partial charge >= 0.3 is 0 Å². The van der Waals surface area contributed by atoms with Crippen LogP contribution in [0.15, 0.2) is 16.7 Å². The Balaban J connectivity index is 2.20. The molecule has 0 bridgehead atoms. The summed E-state index contributed by atoms with van der Waals surface area (Å²) in [6, 6.07) is 1.94. The lowest BCUT2D eigenvalue weighted by Gasteiger charge is -2.01. The lowest BCUT2D eigenvalue weighted by molar-refractivity contribution is 0.485. The van der Waals surface area contributed by atoms with Crippen molar-refractivity contribution in [2.75, 3.05) is 18.6 Å². The van der Waals surface area contributed by atoms with Gasteiger partial charge in [-0.2, -0.15) is 0 Å². The maximum absolute atomic E-state index is 10.7. The number of furan rings is 1. The van der Waals surface area contributed by atoms with Crippen molar-refractivity contribution in [3.8, 4) is 0 Å². The fourth-order valence-corrected chi connectivity index (χ4v) is 1.43. The average Bonchev–Trinajstić information content (AvgIpc) is 2.45. The van der Waals surface area contributed by atoms with E-state index < -0.39 is 10.8 Å². The Hall–Kier alpha value is -0.610. The highest BCUT2D eigenvalue weighted by atomic mass is 32.2. The molecule has 13 heavy (non-hydrogen) atoms. The van der Waals surface area contributed by atoms with Gasteiger partial charge in [0.05, 0.1) is 12.8 Å². The molecule has 4 heteroatoms. The zero-order valence-corrected chi connectivity index (χ0v) is 8.82. The molecule has 1 rings (SSSR count). The summed E-state index contributed by atoms with van der Waals surface area (Å²) in [4.78, 5) is 0. The summed E-state index contributed by atoms with van der Waals surface area (Å²) in [5, 5.41) is 3.17. The Morgan fingerprint density at radius 3 is 2.92 bits per heavy atom. The van der Waals surface area contributed by atoms with Gasteiger partial charge in [-0.3, -0.25) is 4.21 Å². The molecule has 1 atom stereocenters. The Morgan fingerprint density at radius 1 is 1.62 bits per heavy atom. The normalized spacial score (nSPS) is 13.1. The first kappa shape index (κ1) is 10.5. The fourth-order valence-electron chi connectivity index (χ4n) is 1.00. The number of nitrogens with one attached hydrogen (secondary N) is 1. The maximum Gasteiger partial charge on any atom is 0.120 e. The fraction of sp³-hybridized carbons (Fsp3) is 0.556. The summed E-state index contributed by atoms with van der Waals surface area (Å²) in [5.41, 5.74) is 1.16. The number of rotatable bonds is 5. The van der Waals surface area contributed by atoms with Gasteiger partial charge in [0.1, 0.15) is 5.76 Å². The summed E-state index contributed by atoms with van der Waals surface area (Å²) >= 11 is 0. The van der Waals surface area contributed by atoms with E-state index in [1.807, 2.05) is 13.0 Å². The largest absolute Gasteiger partial charge is 0.468 e.